The van der Waals surface area contributed by atoms with Gasteiger partial charge < -0.3 is 15.2 Å². The van der Waals surface area contributed by atoms with Crippen molar-refractivity contribution in [1.82, 2.24) is 9.88 Å². The summed E-state index contributed by atoms with van der Waals surface area (Å²) in [4.78, 5) is 28.2. The van der Waals surface area contributed by atoms with Gasteiger partial charge in [0.25, 0.3) is 5.56 Å². The Hall–Kier alpha value is -2.35. The lowest BCUT2D eigenvalue weighted by atomic mass is 9.94. The van der Waals surface area contributed by atoms with Crippen LogP contribution in [0.5, 0.6) is 0 Å². The summed E-state index contributed by atoms with van der Waals surface area (Å²) in [5, 5.41) is 3.42. The molecule has 0 aliphatic carbocycles. The first-order valence-corrected chi connectivity index (χ1v) is 7.44. The van der Waals surface area contributed by atoms with Gasteiger partial charge in [-0.15, -0.1) is 0 Å². The molecule has 5 nitrogen and oxygen atoms in total. The summed E-state index contributed by atoms with van der Waals surface area (Å²) in [5.74, 6) is -3.55. The molecule has 1 aromatic heterocycles. The molecule has 0 spiro atoms. The van der Waals surface area contributed by atoms with Gasteiger partial charge in [0.15, 0.2) is 0 Å². The summed E-state index contributed by atoms with van der Waals surface area (Å²) >= 11 is 0. The molecule has 1 fully saturated rings. The Morgan fingerprint density at radius 3 is 2.71 bits per heavy atom. The smallest absolute Gasteiger partial charge is 0.329 e. The van der Waals surface area contributed by atoms with Crippen LogP contribution in [0.25, 0.3) is 10.8 Å². The molecule has 24 heavy (non-hydrogen) atoms. The van der Waals surface area contributed by atoms with Gasteiger partial charge in [-0.05, 0) is 25.2 Å². The Morgan fingerprint density at radius 2 is 2.00 bits per heavy atom. The highest BCUT2D eigenvalue weighted by Gasteiger charge is 2.51. The van der Waals surface area contributed by atoms with E-state index >= 15 is 0 Å². The van der Waals surface area contributed by atoms with Crippen molar-refractivity contribution < 1.29 is 18.0 Å². The molecule has 2 atom stereocenters. The Morgan fingerprint density at radius 1 is 1.25 bits per heavy atom. The number of aromatic nitrogens is 1. The number of likely N-dealkylation sites (tertiary alicyclic amines) is 1. The minimum Gasteiger partial charge on any atom is -0.329 e. The summed E-state index contributed by atoms with van der Waals surface area (Å²) in [5.41, 5.74) is 0.0106. The number of hydrogen-bond acceptors (Lipinski definition) is 3. The number of pyridine rings is 1. The lowest BCUT2D eigenvalue weighted by molar-refractivity contribution is -0.182. The number of halogens is 3. The number of nitrogens with zero attached hydrogens (tertiary/aromatic N) is 1. The van der Waals surface area contributed by atoms with Crippen LogP contribution in [0.1, 0.15) is 0 Å². The average molecular weight is 339 g/mol. The molecule has 1 saturated heterocycles. The highest BCUT2D eigenvalue weighted by molar-refractivity contribution is 6.02. The second-order valence-electron chi connectivity index (χ2n) is 6.04. The van der Waals surface area contributed by atoms with E-state index in [0.29, 0.717) is 16.5 Å². The van der Waals surface area contributed by atoms with E-state index in [1.165, 1.54) is 11.1 Å². The van der Waals surface area contributed by atoms with Crippen LogP contribution in [0.15, 0.2) is 35.3 Å². The molecular weight excluding hydrogens is 323 g/mol. The predicted octanol–water partition coefficient (Wildman–Crippen LogP) is 2.21. The highest BCUT2D eigenvalue weighted by atomic mass is 19.4. The third-order valence-electron chi connectivity index (χ3n) is 4.33. The number of aromatic amines is 1. The first-order chi connectivity index (χ1) is 11.3. The molecule has 0 radical (unpaired) electrons. The van der Waals surface area contributed by atoms with E-state index in [1.54, 1.807) is 31.3 Å². The van der Waals surface area contributed by atoms with Gasteiger partial charge in [0.2, 0.25) is 5.91 Å². The van der Waals surface area contributed by atoms with Crippen molar-refractivity contribution in [2.24, 2.45) is 11.8 Å². The molecule has 1 aliphatic rings. The second kappa shape index (κ2) is 5.94. The maximum Gasteiger partial charge on any atom is 0.393 e. The number of anilines is 1. The number of nitrogens with one attached hydrogen (secondary N) is 2. The van der Waals surface area contributed by atoms with E-state index in [1.807, 2.05) is 0 Å². The zero-order valence-corrected chi connectivity index (χ0v) is 12.9. The van der Waals surface area contributed by atoms with Crippen LogP contribution in [0.2, 0.25) is 0 Å². The third-order valence-corrected chi connectivity index (χ3v) is 4.33. The van der Waals surface area contributed by atoms with Crippen molar-refractivity contribution >= 4 is 22.4 Å². The fourth-order valence-electron chi connectivity index (χ4n) is 3.15. The van der Waals surface area contributed by atoms with Gasteiger partial charge in [-0.25, -0.2) is 0 Å². The summed E-state index contributed by atoms with van der Waals surface area (Å²) in [6.45, 7) is -0.155. The molecule has 2 aromatic rings. The summed E-state index contributed by atoms with van der Waals surface area (Å²) < 4.78 is 39.4. The van der Waals surface area contributed by atoms with Gasteiger partial charge in [0.1, 0.15) is 0 Å². The zero-order chi connectivity index (χ0) is 17.5. The molecule has 8 heteroatoms. The largest absolute Gasteiger partial charge is 0.393 e. The minimum absolute atomic E-state index is 0.0430. The second-order valence-corrected chi connectivity index (χ2v) is 6.04. The van der Waals surface area contributed by atoms with Crippen molar-refractivity contribution in [2.75, 3.05) is 25.5 Å². The van der Waals surface area contributed by atoms with Gasteiger partial charge in [0, 0.05) is 35.7 Å². The molecule has 1 amide bonds. The van der Waals surface area contributed by atoms with Gasteiger partial charge >= 0.3 is 6.18 Å². The lowest BCUT2D eigenvalue weighted by Gasteiger charge is -2.21. The van der Waals surface area contributed by atoms with Crippen LogP contribution in [-0.4, -0.2) is 42.1 Å². The Balaban J connectivity index is 1.90. The number of alkyl halides is 3. The molecule has 3 rings (SSSR count). The van der Waals surface area contributed by atoms with Crippen LogP contribution in [0.3, 0.4) is 0 Å². The van der Waals surface area contributed by atoms with Crippen LogP contribution in [0, 0.1) is 11.8 Å². The average Bonchev–Trinajstić information content (AvgIpc) is 2.91. The quantitative estimate of drug-likeness (QED) is 0.882. The maximum absolute atomic E-state index is 13.1. The molecule has 0 saturated carbocycles. The van der Waals surface area contributed by atoms with Gasteiger partial charge in [0.05, 0.1) is 11.8 Å². The SMILES string of the molecule is CN1CC(C(=O)Nc2cccc3c(=O)[nH]ccc23)C(C(F)(F)F)C1. The number of H-pyrrole nitrogens is 1. The van der Waals surface area contributed by atoms with Crippen molar-refractivity contribution in [1.29, 1.82) is 0 Å². The van der Waals surface area contributed by atoms with Gasteiger partial charge in [-0.1, -0.05) is 6.07 Å². The lowest BCUT2D eigenvalue weighted by Crippen LogP contribution is -2.36. The van der Waals surface area contributed by atoms with Crippen molar-refractivity contribution in [3.05, 3.63) is 40.8 Å². The van der Waals surface area contributed by atoms with Crippen LogP contribution >= 0.6 is 0 Å². The van der Waals surface area contributed by atoms with Gasteiger partial charge in [-0.3, -0.25) is 9.59 Å². The fourth-order valence-corrected chi connectivity index (χ4v) is 3.15. The van der Waals surface area contributed by atoms with E-state index < -0.39 is 23.9 Å². The number of rotatable bonds is 2. The summed E-state index contributed by atoms with van der Waals surface area (Å²) in [6.07, 6.45) is -3.00. The molecule has 2 unspecified atom stereocenters. The van der Waals surface area contributed by atoms with Crippen LogP contribution in [0.4, 0.5) is 18.9 Å². The monoisotopic (exact) mass is 339 g/mol. The van der Waals surface area contributed by atoms with Gasteiger partial charge in [-0.2, -0.15) is 13.2 Å². The highest BCUT2D eigenvalue weighted by Crippen LogP contribution is 2.37. The Bertz CT molecular complexity index is 831. The Kier molecular flexibility index (Phi) is 4.08. The van der Waals surface area contributed by atoms with E-state index in [9.17, 15) is 22.8 Å². The first kappa shape index (κ1) is 16.5. The van der Waals surface area contributed by atoms with E-state index in [4.69, 9.17) is 0 Å². The number of carbonyl (C=O) groups is 1. The van der Waals surface area contributed by atoms with Crippen molar-refractivity contribution in [3.8, 4) is 0 Å². The van der Waals surface area contributed by atoms with Crippen LogP contribution in [-0.2, 0) is 4.79 Å². The standard InChI is InChI=1S/C16H16F3N3O2/c1-22-7-11(12(8-22)16(17,18)19)15(24)21-13-4-2-3-10-9(13)5-6-20-14(10)23/h2-6,11-12H,7-8H2,1H3,(H,20,23)(H,21,24). The molecule has 2 N–H and O–H groups in total. The fraction of sp³-hybridized carbons (Fsp3) is 0.375. The number of carbonyl (C=O) groups excluding carboxylic acids is 1. The first-order valence-electron chi connectivity index (χ1n) is 7.44. The molecule has 1 aromatic carbocycles. The maximum atomic E-state index is 13.1. The number of amides is 1. The number of fused-ring (bicyclic) bond motifs is 1. The minimum atomic E-state index is -4.43. The zero-order valence-electron chi connectivity index (χ0n) is 12.9. The summed E-state index contributed by atoms with van der Waals surface area (Å²) in [7, 11) is 1.56. The summed E-state index contributed by atoms with van der Waals surface area (Å²) in [6, 6.07) is 6.34. The van der Waals surface area contributed by atoms with Crippen molar-refractivity contribution in [3.63, 3.8) is 0 Å². The van der Waals surface area contributed by atoms with Crippen LogP contribution < -0.4 is 10.9 Å². The predicted molar refractivity (Wildman–Crippen MR) is 83.7 cm³/mol. The molecule has 1 aliphatic heterocycles. The Labute approximate surface area is 135 Å². The topological polar surface area (TPSA) is 65.2 Å². The normalized spacial score (nSPS) is 22.0. The molecular formula is C16H16F3N3O2. The number of benzene rings is 1. The third kappa shape index (κ3) is 3.01. The van der Waals surface area contributed by atoms with Crippen molar-refractivity contribution in [2.45, 2.75) is 6.18 Å². The molecule has 2 heterocycles. The molecule has 128 valence electrons. The molecule has 0 bridgehead atoms. The van der Waals surface area contributed by atoms with E-state index in [-0.39, 0.29) is 18.6 Å². The van der Waals surface area contributed by atoms with E-state index in [0.717, 1.165) is 0 Å². The van der Waals surface area contributed by atoms with E-state index in [2.05, 4.69) is 10.3 Å². The number of hydrogen-bond donors (Lipinski definition) is 2.